The highest BCUT2D eigenvalue weighted by Gasteiger charge is 2.10. The molecule has 1 atom stereocenters. The molecule has 18 heavy (non-hydrogen) atoms. The molecule has 5 nitrogen and oxygen atoms in total. The lowest BCUT2D eigenvalue weighted by molar-refractivity contribution is -0.121. The predicted octanol–water partition coefficient (Wildman–Crippen LogP) is 2.16. The predicted molar refractivity (Wildman–Crippen MR) is 79.3 cm³/mol. The SMILES string of the molecule is CCC(C)NC(=O)CCNc1snc(N)c1SC. The lowest BCUT2D eigenvalue weighted by Gasteiger charge is -2.11. The maximum atomic E-state index is 11.6. The first-order valence-corrected chi connectivity index (χ1v) is 7.90. The molecule has 0 fully saturated rings. The average molecular weight is 288 g/mol. The van der Waals surface area contributed by atoms with E-state index in [1.54, 1.807) is 11.8 Å². The van der Waals surface area contributed by atoms with Crippen LogP contribution in [0.3, 0.4) is 0 Å². The van der Waals surface area contributed by atoms with Crippen LogP contribution < -0.4 is 16.4 Å². The molecular weight excluding hydrogens is 268 g/mol. The number of hydrogen-bond donors (Lipinski definition) is 3. The average Bonchev–Trinajstić information content (AvgIpc) is 2.69. The van der Waals surface area contributed by atoms with E-state index < -0.39 is 0 Å². The van der Waals surface area contributed by atoms with Gasteiger partial charge in [0.25, 0.3) is 0 Å². The van der Waals surface area contributed by atoms with Crippen LogP contribution in [0.1, 0.15) is 26.7 Å². The second kappa shape index (κ2) is 7.48. The third-order valence-corrected chi connectivity index (χ3v) is 4.31. The molecule has 0 saturated carbocycles. The zero-order valence-electron chi connectivity index (χ0n) is 10.9. The fourth-order valence-electron chi connectivity index (χ4n) is 1.34. The third-order valence-electron chi connectivity index (χ3n) is 2.54. The van der Waals surface area contributed by atoms with Gasteiger partial charge < -0.3 is 16.4 Å². The monoisotopic (exact) mass is 288 g/mol. The van der Waals surface area contributed by atoms with E-state index in [9.17, 15) is 4.79 Å². The molecule has 0 aliphatic heterocycles. The number of thioether (sulfide) groups is 1. The minimum atomic E-state index is 0.0695. The Kier molecular flexibility index (Phi) is 6.28. The lowest BCUT2D eigenvalue weighted by Crippen LogP contribution is -2.32. The van der Waals surface area contributed by atoms with E-state index in [4.69, 9.17) is 5.73 Å². The molecule has 7 heteroatoms. The molecule has 0 radical (unpaired) electrons. The van der Waals surface area contributed by atoms with Crippen molar-refractivity contribution in [3.63, 3.8) is 0 Å². The van der Waals surface area contributed by atoms with Gasteiger partial charge in [0, 0.05) is 19.0 Å². The molecule has 0 saturated heterocycles. The Bertz CT molecular complexity index is 394. The molecule has 1 unspecified atom stereocenters. The number of carbonyl (C=O) groups excluding carboxylic acids is 1. The summed E-state index contributed by atoms with van der Waals surface area (Å²) in [6.45, 7) is 4.65. The van der Waals surface area contributed by atoms with Crippen LogP contribution in [0.25, 0.3) is 0 Å². The maximum Gasteiger partial charge on any atom is 0.221 e. The van der Waals surface area contributed by atoms with Crippen molar-refractivity contribution < 1.29 is 4.79 Å². The number of anilines is 2. The van der Waals surface area contributed by atoms with Crippen molar-refractivity contribution in [3.05, 3.63) is 0 Å². The largest absolute Gasteiger partial charge is 0.382 e. The van der Waals surface area contributed by atoms with Crippen LogP contribution >= 0.6 is 23.3 Å². The van der Waals surface area contributed by atoms with Crippen LogP contribution in [0, 0.1) is 0 Å². The summed E-state index contributed by atoms with van der Waals surface area (Å²) in [6, 6.07) is 0.235. The van der Waals surface area contributed by atoms with E-state index >= 15 is 0 Å². The summed E-state index contributed by atoms with van der Waals surface area (Å²) >= 11 is 2.89. The van der Waals surface area contributed by atoms with Gasteiger partial charge in [-0.15, -0.1) is 11.8 Å². The zero-order valence-corrected chi connectivity index (χ0v) is 12.6. The third kappa shape index (κ3) is 4.38. The summed E-state index contributed by atoms with van der Waals surface area (Å²) < 4.78 is 4.08. The van der Waals surface area contributed by atoms with E-state index in [-0.39, 0.29) is 11.9 Å². The Labute approximate surface area is 116 Å². The Morgan fingerprint density at radius 3 is 2.94 bits per heavy atom. The molecule has 0 aliphatic carbocycles. The quantitative estimate of drug-likeness (QED) is 0.670. The molecule has 1 aromatic rings. The number of amides is 1. The first-order valence-electron chi connectivity index (χ1n) is 5.90. The number of nitrogens with two attached hydrogens (primary N) is 1. The lowest BCUT2D eigenvalue weighted by atomic mass is 10.2. The second-order valence-corrected chi connectivity index (χ2v) is 5.57. The first-order chi connectivity index (χ1) is 8.58. The highest BCUT2D eigenvalue weighted by Crippen LogP contribution is 2.34. The van der Waals surface area contributed by atoms with Gasteiger partial charge in [-0.1, -0.05) is 6.92 Å². The highest BCUT2D eigenvalue weighted by molar-refractivity contribution is 7.99. The van der Waals surface area contributed by atoms with Gasteiger partial charge in [0.2, 0.25) is 5.91 Å². The van der Waals surface area contributed by atoms with E-state index in [1.165, 1.54) is 11.5 Å². The summed E-state index contributed by atoms with van der Waals surface area (Å²) in [7, 11) is 0. The molecule has 0 spiro atoms. The number of nitrogens with one attached hydrogen (secondary N) is 2. The summed E-state index contributed by atoms with van der Waals surface area (Å²) in [5.41, 5.74) is 5.73. The van der Waals surface area contributed by atoms with Gasteiger partial charge in [-0.2, -0.15) is 4.37 Å². The molecule has 0 aromatic carbocycles. The Hall–Kier alpha value is -0.950. The molecular formula is C11H20N4OS2. The molecule has 1 aromatic heterocycles. The molecule has 1 heterocycles. The Morgan fingerprint density at radius 1 is 1.61 bits per heavy atom. The van der Waals surface area contributed by atoms with Crippen LogP contribution in [0.4, 0.5) is 10.8 Å². The number of nitrogen functional groups attached to an aromatic ring is 1. The summed E-state index contributed by atoms with van der Waals surface area (Å²) in [5.74, 6) is 0.624. The normalized spacial score (nSPS) is 12.2. The van der Waals surface area contributed by atoms with Crippen LogP contribution in [-0.2, 0) is 4.79 Å². The van der Waals surface area contributed by atoms with E-state index in [1.807, 2.05) is 20.1 Å². The maximum absolute atomic E-state index is 11.6. The number of hydrogen-bond acceptors (Lipinski definition) is 6. The number of aromatic nitrogens is 1. The van der Waals surface area contributed by atoms with Crippen LogP contribution in [0.15, 0.2) is 4.90 Å². The summed E-state index contributed by atoms with van der Waals surface area (Å²) in [5, 5.41) is 7.07. The minimum absolute atomic E-state index is 0.0695. The van der Waals surface area contributed by atoms with Crippen molar-refractivity contribution in [2.75, 3.05) is 23.9 Å². The fourth-order valence-corrected chi connectivity index (χ4v) is 2.91. The molecule has 4 N–H and O–H groups in total. The number of rotatable bonds is 7. The van der Waals surface area contributed by atoms with Crippen molar-refractivity contribution in [3.8, 4) is 0 Å². The standard InChI is InChI=1S/C11H20N4OS2/c1-4-7(2)14-8(16)5-6-13-11-9(17-3)10(12)15-18-11/h7,13H,4-6H2,1-3H3,(H2,12,15)(H,14,16). The molecule has 0 bridgehead atoms. The Balaban J connectivity index is 2.35. The van der Waals surface area contributed by atoms with Gasteiger partial charge in [-0.3, -0.25) is 4.79 Å². The Morgan fingerprint density at radius 2 is 2.33 bits per heavy atom. The van der Waals surface area contributed by atoms with Crippen LogP contribution in [0.5, 0.6) is 0 Å². The van der Waals surface area contributed by atoms with Crippen LogP contribution in [0.2, 0.25) is 0 Å². The van der Waals surface area contributed by atoms with Crippen molar-refractivity contribution in [2.45, 2.75) is 37.6 Å². The van der Waals surface area contributed by atoms with Crippen molar-refractivity contribution in [1.29, 1.82) is 0 Å². The minimum Gasteiger partial charge on any atom is -0.382 e. The van der Waals surface area contributed by atoms with Gasteiger partial charge in [-0.25, -0.2) is 0 Å². The number of nitrogens with zero attached hydrogens (tertiary/aromatic N) is 1. The van der Waals surface area contributed by atoms with Crippen molar-refractivity contribution >= 4 is 40.0 Å². The van der Waals surface area contributed by atoms with E-state index in [0.717, 1.165) is 16.3 Å². The molecule has 0 aliphatic rings. The molecule has 102 valence electrons. The summed E-state index contributed by atoms with van der Waals surface area (Å²) in [6.07, 6.45) is 3.36. The first kappa shape index (κ1) is 15.1. The second-order valence-electron chi connectivity index (χ2n) is 3.98. The van der Waals surface area contributed by atoms with E-state index in [0.29, 0.717) is 18.8 Å². The highest BCUT2D eigenvalue weighted by atomic mass is 32.2. The van der Waals surface area contributed by atoms with Crippen molar-refractivity contribution in [2.24, 2.45) is 0 Å². The smallest absolute Gasteiger partial charge is 0.221 e. The molecule has 1 amide bonds. The van der Waals surface area contributed by atoms with E-state index in [2.05, 4.69) is 15.0 Å². The van der Waals surface area contributed by atoms with Gasteiger partial charge in [0.05, 0.1) is 4.90 Å². The van der Waals surface area contributed by atoms with Gasteiger partial charge in [-0.05, 0) is 31.1 Å². The topological polar surface area (TPSA) is 80.0 Å². The van der Waals surface area contributed by atoms with Crippen LogP contribution in [-0.4, -0.2) is 29.1 Å². The van der Waals surface area contributed by atoms with Gasteiger partial charge in [0.1, 0.15) is 5.00 Å². The number of carbonyl (C=O) groups is 1. The van der Waals surface area contributed by atoms with Gasteiger partial charge in [0.15, 0.2) is 5.82 Å². The fraction of sp³-hybridized carbons (Fsp3) is 0.636. The zero-order chi connectivity index (χ0) is 13.5. The summed E-state index contributed by atoms with van der Waals surface area (Å²) in [4.78, 5) is 12.5. The van der Waals surface area contributed by atoms with Gasteiger partial charge >= 0.3 is 0 Å². The van der Waals surface area contributed by atoms with Crippen molar-refractivity contribution in [1.82, 2.24) is 9.69 Å². The molecule has 1 rings (SSSR count).